The summed E-state index contributed by atoms with van der Waals surface area (Å²) in [7, 11) is 0. The lowest BCUT2D eigenvalue weighted by Gasteiger charge is -2.46. The van der Waals surface area contributed by atoms with Crippen molar-refractivity contribution in [1.82, 2.24) is 0 Å². The molecule has 1 heterocycles. The van der Waals surface area contributed by atoms with E-state index in [1.54, 1.807) is 23.9 Å². The minimum atomic E-state index is -0.254. The van der Waals surface area contributed by atoms with Gasteiger partial charge in [-0.05, 0) is 61.3 Å². The van der Waals surface area contributed by atoms with Crippen LogP contribution in [0.15, 0.2) is 24.3 Å². The lowest BCUT2D eigenvalue weighted by atomic mass is 9.68. The Morgan fingerprint density at radius 1 is 1.26 bits per heavy atom. The van der Waals surface area contributed by atoms with Crippen LogP contribution in [-0.2, 0) is 4.79 Å². The van der Waals surface area contributed by atoms with Crippen molar-refractivity contribution in [1.29, 1.82) is 0 Å². The van der Waals surface area contributed by atoms with Gasteiger partial charge >= 0.3 is 0 Å². The maximum absolute atomic E-state index is 13.2. The summed E-state index contributed by atoms with van der Waals surface area (Å²) in [6.45, 7) is 6.99. The van der Waals surface area contributed by atoms with E-state index in [1.807, 2.05) is 4.90 Å². The second kappa shape index (κ2) is 6.12. The van der Waals surface area contributed by atoms with E-state index in [0.717, 1.165) is 24.4 Å². The minimum Gasteiger partial charge on any atom is -0.297 e. The zero-order chi connectivity index (χ0) is 16.7. The summed E-state index contributed by atoms with van der Waals surface area (Å²) < 4.78 is 13.2. The molecule has 1 spiro atoms. The Hall–Kier alpha value is -1.03. The smallest absolute Gasteiger partial charge is 0.238 e. The first kappa shape index (κ1) is 16.8. The van der Waals surface area contributed by atoms with Crippen molar-refractivity contribution in [2.45, 2.75) is 57.7 Å². The van der Waals surface area contributed by atoms with Crippen LogP contribution in [0.4, 0.5) is 10.1 Å². The minimum absolute atomic E-state index is 0.116. The molecular formula is C19H26FNOS. The summed E-state index contributed by atoms with van der Waals surface area (Å²) in [6.07, 6.45) is 5.60. The number of hydrogen-bond donors (Lipinski definition) is 0. The topological polar surface area (TPSA) is 20.3 Å². The van der Waals surface area contributed by atoms with Gasteiger partial charge in [0, 0.05) is 5.69 Å². The first-order valence-electron chi connectivity index (χ1n) is 8.60. The molecule has 1 saturated heterocycles. The first-order valence-corrected chi connectivity index (χ1v) is 9.59. The van der Waals surface area contributed by atoms with Crippen LogP contribution in [0.2, 0.25) is 0 Å². The fourth-order valence-electron chi connectivity index (χ4n) is 4.03. The summed E-state index contributed by atoms with van der Waals surface area (Å²) in [6, 6.07) is 6.38. The number of anilines is 1. The number of benzene rings is 1. The second-order valence-electron chi connectivity index (χ2n) is 7.56. The van der Waals surface area contributed by atoms with Crippen molar-refractivity contribution in [3.63, 3.8) is 0 Å². The summed E-state index contributed by atoms with van der Waals surface area (Å²) in [5.41, 5.74) is 1.21. The van der Waals surface area contributed by atoms with Gasteiger partial charge in [-0.3, -0.25) is 9.69 Å². The monoisotopic (exact) mass is 335 g/mol. The molecule has 0 unspecified atom stereocenters. The molecule has 126 valence electrons. The van der Waals surface area contributed by atoms with Crippen LogP contribution in [0.5, 0.6) is 0 Å². The van der Waals surface area contributed by atoms with Crippen LogP contribution in [-0.4, -0.2) is 16.5 Å². The number of nitrogens with zero attached hydrogens (tertiary/aromatic N) is 1. The number of amides is 1. The van der Waals surface area contributed by atoms with Gasteiger partial charge in [-0.25, -0.2) is 4.39 Å². The fourth-order valence-corrected chi connectivity index (χ4v) is 5.41. The summed E-state index contributed by atoms with van der Waals surface area (Å²) in [5.74, 6) is 1.17. The average molecular weight is 335 g/mol. The fraction of sp³-hybridized carbons (Fsp3) is 0.632. The van der Waals surface area contributed by atoms with E-state index in [2.05, 4.69) is 20.8 Å². The Labute approximate surface area is 142 Å². The number of halogens is 1. The van der Waals surface area contributed by atoms with Gasteiger partial charge in [0.2, 0.25) is 5.91 Å². The zero-order valence-corrected chi connectivity index (χ0v) is 15.1. The van der Waals surface area contributed by atoms with Gasteiger partial charge in [0.25, 0.3) is 0 Å². The normalized spacial score (nSPS) is 28.6. The second-order valence-corrected chi connectivity index (χ2v) is 8.89. The lowest BCUT2D eigenvalue weighted by Crippen LogP contribution is -2.48. The number of carbonyl (C=O) groups excluding carboxylic acids is 1. The van der Waals surface area contributed by atoms with E-state index in [4.69, 9.17) is 0 Å². The molecule has 2 fully saturated rings. The van der Waals surface area contributed by atoms with Gasteiger partial charge in [-0.2, -0.15) is 0 Å². The highest BCUT2D eigenvalue weighted by molar-refractivity contribution is 8.02. The molecule has 4 heteroatoms. The highest BCUT2D eigenvalue weighted by atomic mass is 32.2. The Morgan fingerprint density at radius 2 is 1.87 bits per heavy atom. The van der Waals surface area contributed by atoms with E-state index in [0.29, 0.717) is 11.2 Å². The van der Waals surface area contributed by atoms with Gasteiger partial charge in [0.05, 0.1) is 10.6 Å². The summed E-state index contributed by atoms with van der Waals surface area (Å²) in [5, 5.41) is 0. The van der Waals surface area contributed by atoms with Crippen molar-refractivity contribution in [2.24, 2.45) is 11.3 Å². The molecule has 1 amide bonds. The number of hydrogen-bond acceptors (Lipinski definition) is 2. The Bertz CT molecular complexity index is 576. The number of thioether (sulfide) groups is 1. The molecule has 2 nitrogen and oxygen atoms in total. The molecule has 0 N–H and O–H groups in total. The van der Waals surface area contributed by atoms with Crippen molar-refractivity contribution < 1.29 is 9.18 Å². The quantitative estimate of drug-likeness (QED) is 0.754. The van der Waals surface area contributed by atoms with Gasteiger partial charge < -0.3 is 0 Å². The predicted molar refractivity (Wildman–Crippen MR) is 95.1 cm³/mol. The molecule has 1 aromatic carbocycles. The van der Waals surface area contributed by atoms with E-state index in [-0.39, 0.29) is 16.6 Å². The average Bonchev–Trinajstić information content (AvgIpc) is 2.85. The molecule has 1 aromatic rings. The molecule has 0 aromatic heterocycles. The summed E-state index contributed by atoms with van der Waals surface area (Å²) >= 11 is 1.78. The predicted octanol–water partition coefficient (Wildman–Crippen LogP) is 5.23. The number of rotatable bonds is 3. The third-order valence-electron chi connectivity index (χ3n) is 5.99. The van der Waals surface area contributed by atoms with Gasteiger partial charge in [-0.15, -0.1) is 11.8 Å². The molecule has 0 atom stereocenters. The van der Waals surface area contributed by atoms with Crippen molar-refractivity contribution in [2.75, 3.05) is 10.7 Å². The molecule has 2 aliphatic rings. The van der Waals surface area contributed by atoms with Crippen LogP contribution >= 0.6 is 11.8 Å². The van der Waals surface area contributed by atoms with Crippen molar-refractivity contribution in [3.05, 3.63) is 30.1 Å². The van der Waals surface area contributed by atoms with Gasteiger partial charge in [0.1, 0.15) is 5.82 Å². The maximum atomic E-state index is 13.2. The first-order chi connectivity index (χ1) is 10.9. The molecule has 1 saturated carbocycles. The van der Waals surface area contributed by atoms with Crippen molar-refractivity contribution in [3.8, 4) is 0 Å². The molecular weight excluding hydrogens is 309 g/mol. The third-order valence-corrected chi connectivity index (χ3v) is 7.51. The maximum Gasteiger partial charge on any atom is 0.238 e. The van der Waals surface area contributed by atoms with Crippen LogP contribution in [0, 0.1) is 17.2 Å². The van der Waals surface area contributed by atoms with Crippen LogP contribution in [0.25, 0.3) is 0 Å². The Balaban J connectivity index is 1.82. The van der Waals surface area contributed by atoms with E-state index in [9.17, 15) is 9.18 Å². The van der Waals surface area contributed by atoms with Crippen molar-refractivity contribution >= 4 is 23.4 Å². The van der Waals surface area contributed by atoms with Gasteiger partial charge in [0.15, 0.2) is 0 Å². The number of carbonyl (C=O) groups is 1. The standard InChI is InChI=1S/C19H26FNOS/c1-4-18(2,3)14-9-11-19(12-10-14)21(17(22)13-23-19)16-7-5-15(20)6-8-16/h5-8,14H,4,9-13H2,1-3H3. The molecule has 23 heavy (non-hydrogen) atoms. The zero-order valence-electron chi connectivity index (χ0n) is 14.3. The molecule has 0 bridgehead atoms. The van der Waals surface area contributed by atoms with Crippen LogP contribution in [0.3, 0.4) is 0 Å². The lowest BCUT2D eigenvalue weighted by molar-refractivity contribution is -0.116. The van der Waals surface area contributed by atoms with Gasteiger partial charge in [-0.1, -0.05) is 27.2 Å². The molecule has 0 radical (unpaired) electrons. The van der Waals surface area contributed by atoms with Crippen LogP contribution in [0.1, 0.15) is 52.9 Å². The molecule has 1 aliphatic heterocycles. The molecule has 1 aliphatic carbocycles. The highest BCUT2D eigenvalue weighted by Crippen LogP contribution is 2.53. The Morgan fingerprint density at radius 3 is 2.43 bits per heavy atom. The van der Waals surface area contributed by atoms with Crippen LogP contribution < -0.4 is 4.90 Å². The Kier molecular flexibility index (Phi) is 4.47. The largest absolute Gasteiger partial charge is 0.297 e. The van der Waals surface area contributed by atoms with E-state index >= 15 is 0 Å². The molecule has 3 rings (SSSR count). The van der Waals surface area contributed by atoms with E-state index in [1.165, 1.54) is 31.4 Å². The van der Waals surface area contributed by atoms with E-state index < -0.39 is 0 Å². The summed E-state index contributed by atoms with van der Waals surface area (Å²) in [4.78, 5) is 14.3. The third kappa shape index (κ3) is 3.02. The highest BCUT2D eigenvalue weighted by Gasteiger charge is 2.50. The SMILES string of the molecule is CCC(C)(C)C1CCC2(CC1)SCC(=O)N2c1ccc(F)cc1.